The van der Waals surface area contributed by atoms with Crippen molar-refractivity contribution in [2.45, 2.75) is 18.7 Å². The van der Waals surface area contributed by atoms with Crippen LogP contribution in [0.4, 0.5) is 19.1 Å². The number of nitrogens with one attached hydrogen (secondary N) is 1. The van der Waals surface area contributed by atoms with Crippen LogP contribution in [0.5, 0.6) is 5.75 Å². The number of aromatic amines is 1. The summed E-state index contributed by atoms with van der Waals surface area (Å²) >= 11 is 5.95. The molecule has 0 unspecified atom stereocenters. The van der Waals surface area contributed by atoms with E-state index in [0.717, 1.165) is 12.4 Å². The molecule has 2 aromatic rings. The van der Waals surface area contributed by atoms with Crippen molar-refractivity contribution >= 4 is 23.5 Å². The third kappa shape index (κ3) is 4.63. The lowest BCUT2D eigenvalue weighted by atomic mass is 10.1. The number of anilines is 1. The van der Waals surface area contributed by atoms with Crippen molar-refractivity contribution in [3.05, 3.63) is 39.0 Å². The molecule has 1 N–H and O–H groups in total. The van der Waals surface area contributed by atoms with E-state index in [4.69, 9.17) is 21.1 Å². The minimum atomic E-state index is -4.50. The van der Waals surface area contributed by atoms with Crippen LogP contribution < -0.4 is 15.2 Å². The number of amides is 1. The van der Waals surface area contributed by atoms with Gasteiger partial charge in [0.1, 0.15) is 18.4 Å². The first-order chi connectivity index (χ1) is 15.2. The minimum absolute atomic E-state index is 0.115. The van der Waals surface area contributed by atoms with Crippen LogP contribution >= 0.6 is 11.6 Å². The number of aromatic nitrogens is 4. The third-order valence-corrected chi connectivity index (χ3v) is 5.47. The molecule has 0 aromatic carbocycles. The van der Waals surface area contributed by atoms with Gasteiger partial charge in [-0.15, -0.1) is 0 Å². The Labute approximate surface area is 184 Å². The molecule has 0 radical (unpaired) electrons. The number of alkyl halides is 3. The van der Waals surface area contributed by atoms with Crippen molar-refractivity contribution in [2.75, 3.05) is 44.3 Å². The van der Waals surface area contributed by atoms with E-state index in [0.29, 0.717) is 38.3 Å². The number of hydrogen-bond donors (Lipinski definition) is 1. The predicted octanol–water partition coefficient (Wildman–Crippen LogP) is 1.42. The summed E-state index contributed by atoms with van der Waals surface area (Å²) < 4.78 is 49.1. The van der Waals surface area contributed by atoms with Crippen LogP contribution in [0.25, 0.3) is 0 Å². The van der Waals surface area contributed by atoms with Crippen molar-refractivity contribution in [2.24, 2.45) is 0 Å². The normalized spacial score (nSPS) is 18.8. The van der Waals surface area contributed by atoms with E-state index in [-0.39, 0.29) is 35.8 Å². The SMILES string of the molecule is O=C(CO[C@H]1CCOc2c1n[nH]c(=O)c2Cl)N1CCN(c2ncc(C(F)(F)F)cn2)CC1. The molecule has 2 aliphatic rings. The Bertz CT molecular complexity index is 1040. The standard InChI is InChI=1S/C18H18ClF3N6O4/c19-13-15-14(25-26-16(13)30)11(1-6-31-15)32-9-12(29)27-2-4-28(5-3-27)17-23-7-10(8-24-17)18(20,21)22/h7-8,11H,1-6,9H2,(H,26,30)/t11-/m0/s1. The summed E-state index contributed by atoms with van der Waals surface area (Å²) in [7, 11) is 0. The number of halogens is 4. The molecule has 0 saturated carbocycles. The Kier molecular flexibility index (Phi) is 6.20. The van der Waals surface area contributed by atoms with Crippen molar-refractivity contribution in [3.63, 3.8) is 0 Å². The predicted molar refractivity (Wildman–Crippen MR) is 104 cm³/mol. The van der Waals surface area contributed by atoms with Crippen LogP contribution in [0.3, 0.4) is 0 Å². The maximum Gasteiger partial charge on any atom is 0.419 e. The van der Waals surface area contributed by atoms with Crippen LogP contribution in [-0.4, -0.2) is 70.4 Å². The van der Waals surface area contributed by atoms with E-state index >= 15 is 0 Å². The largest absolute Gasteiger partial charge is 0.490 e. The third-order valence-electron chi connectivity index (χ3n) is 5.13. The summed E-state index contributed by atoms with van der Waals surface area (Å²) in [6.45, 7) is 1.48. The van der Waals surface area contributed by atoms with Gasteiger partial charge in [-0.2, -0.15) is 18.3 Å². The van der Waals surface area contributed by atoms with E-state index in [1.165, 1.54) is 0 Å². The molecule has 0 bridgehead atoms. The highest BCUT2D eigenvalue weighted by molar-refractivity contribution is 6.31. The van der Waals surface area contributed by atoms with Crippen LogP contribution in [0, 0.1) is 0 Å². The molecule has 1 amide bonds. The summed E-state index contributed by atoms with van der Waals surface area (Å²) in [6.07, 6.45) is -3.13. The molecule has 14 heteroatoms. The van der Waals surface area contributed by atoms with E-state index in [9.17, 15) is 22.8 Å². The first kappa shape index (κ1) is 22.3. The molecule has 172 valence electrons. The topological polar surface area (TPSA) is 114 Å². The van der Waals surface area contributed by atoms with Gasteiger partial charge < -0.3 is 19.3 Å². The van der Waals surface area contributed by atoms with Gasteiger partial charge in [0, 0.05) is 45.0 Å². The summed E-state index contributed by atoms with van der Waals surface area (Å²) in [6, 6.07) is 0. The zero-order valence-electron chi connectivity index (χ0n) is 16.6. The molecule has 1 saturated heterocycles. The number of piperazine rings is 1. The average molecular weight is 475 g/mol. The summed E-state index contributed by atoms with van der Waals surface area (Å²) in [5.74, 6) is 0.0860. The Morgan fingerprint density at radius 2 is 1.94 bits per heavy atom. The van der Waals surface area contributed by atoms with Crippen molar-refractivity contribution in [1.29, 1.82) is 0 Å². The van der Waals surface area contributed by atoms with Crippen molar-refractivity contribution in [1.82, 2.24) is 25.1 Å². The monoisotopic (exact) mass is 474 g/mol. The Morgan fingerprint density at radius 3 is 2.59 bits per heavy atom. The van der Waals surface area contributed by atoms with Crippen molar-refractivity contribution in [3.8, 4) is 5.75 Å². The number of rotatable bonds is 4. The molecule has 4 rings (SSSR count). The maximum atomic E-state index is 12.6. The molecule has 32 heavy (non-hydrogen) atoms. The van der Waals surface area contributed by atoms with Crippen LogP contribution in [0.1, 0.15) is 23.8 Å². The number of carbonyl (C=O) groups excluding carboxylic acids is 1. The Morgan fingerprint density at radius 1 is 1.25 bits per heavy atom. The molecule has 0 aliphatic carbocycles. The molecule has 10 nitrogen and oxygen atoms in total. The van der Waals surface area contributed by atoms with Gasteiger partial charge in [-0.3, -0.25) is 9.59 Å². The highest BCUT2D eigenvalue weighted by Gasteiger charge is 2.32. The van der Waals surface area contributed by atoms with Gasteiger partial charge in [0.2, 0.25) is 11.9 Å². The van der Waals surface area contributed by atoms with E-state index < -0.39 is 23.4 Å². The lowest BCUT2D eigenvalue weighted by Gasteiger charge is -2.35. The van der Waals surface area contributed by atoms with Crippen molar-refractivity contribution < 1.29 is 27.4 Å². The summed E-state index contributed by atoms with van der Waals surface area (Å²) in [5.41, 5.74) is -1.16. The molecule has 2 aliphatic heterocycles. The fourth-order valence-electron chi connectivity index (χ4n) is 3.40. The molecule has 4 heterocycles. The second kappa shape index (κ2) is 8.90. The summed E-state index contributed by atoms with van der Waals surface area (Å²) in [5, 5.41) is 6.08. The van der Waals surface area contributed by atoms with Crippen LogP contribution in [0.2, 0.25) is 5.02 Å². The highest BCUT2D eigenvalue weighted by atomic mass is 35.5. The number of carbonyl (C=O) groups is 1. The highest BCUT2D eigenvalue weighted by Crippen LogP contribution is 2.35. The van der Waals surface area contributed by atoms with Gasteiger partial charge in [0.25, 0.3) is 5.56 Å². The molecule has 2 aromatic heterocycles. The molecular formula is C18H18ClF3N6O4. The number of fused-ring (bicyclic) bond motifs is 1. The fourth-order valence-corrected chi connectivity index (χ4v) is 3.59. The summed E-state index contributed by atoms with van der Waals surface area (Å²) in [4.78, 5) is 35.0. The fraction of sp³-hybridized carbons (Fsp3) is 0.500. The van der Waals surface area contributed by atoms with Gasteiger partial charge in [0.15, 0.2) is 10.8 Å². The second-order valence-corrected chi connectivity index (χ2v) is 7.53. The smallest absolute Gasteiger partial charge is 0.419 e. The zero-order chi connectivity index (χ0) is 22.9. The van der Waals surface area contributed by atoms with E-state index in [1.54, 1.807) is 9.80 Å². The number of nitrogens with zero attached hydrogens (tertiary/aromatic N) is 5. The lowest BCUT2D eigenvalue weighted by Crippen LogP contribution is -2.50. The Hall–Kier alpha value is -2.93. The van der Waals surface area contributed by atoms with Gasteiger partial charge >= 0.3 is 6.18 Å². The lowest BCUT2D eigenvalue weighted by molar-refractivity contribution is -0.139. The van der Waals surface area contributed by atoms with Crippen LogP contribution in [-0.2, 0) is 15.7 Å². The second-order valence-electron chi connectivity index (χ2n) is 7.16. The molecular weight excluding hydrogens is 457 g/mol. The van der Waals surface area contributed by atoms with Gasteiger partial charge in [-0.25, -0.2) is 15.1 Å². The quantitative estimate of drug-likeness (QED) is 0.708. The molecule has 0 spiro atoms. The van der Waals surface area contributed by atoms with Gasteiger partial charge in [-0.1, -0.05) is 11.6 Å². The zero-order valence-corrected chi connectivity index (χ0v) is 17.3. The van der Waals surface area contributed by atoms with E-state index in [1.807, 2.05) is 0 Å². The first-order valence-corrected chi connectivity index (χ1v) is 10.1. The van der Waals surface area contributed by atoms with Gasteiger partial charge in [0.05, 0.1) is 12.2 Å². The molecule has 1 atom stereocenters. The number of hydrogen-bond acceptors (Lipinski definition) is 8. The number of H-pyrrole nitrogens is 1. The van der Waals surface area contributed by atoms with E-state index in [2.05, 4.69) is 20.2 Å². The van der Waals surface area contributed by atoms with Crippen LogP contribution in [0.15, 0.2) is 17.2 Å². The Balaban J connectivity index is 1.30. The number of ether oxygens (including phenoxy) is 2. The molecule has 1 fully saturated rings. The van der Waals surface area contributed by atoms with Gasteiger partial charge in [-0.05, 0) is 0 Å². The minimum Gasteiger partial charge on any atom is -0.490 e. The average Bonchev–Trinajstić information content (AvgIpc) is 2.79. The first-order valence-electron chi connectivity index (χ1n) is 9.68. The maximum absolute atomic E-state index is 12.6.